The normalized spacial score (nSPS) is 13.5. The van der Waals surface area contributed by atoms with E-state index in [4.69, 9.17) is 4.74 Å². The van der Waals surface area contributed by atoms with Gasteiger partial charge in [-0.05, 0) is 49.2 Å². The first-order valence-corrected chi connectivity index (χ1v) is 10.6. The number of benzene rings is 2. The standard InChI is InChI=1S/C24H24F4N2O5/c1-35-19-4-2-3-15(11-19)21-22(14-5-7-16(25)8-6-14)30(23(29-21)24(26,27)28)10-9-17(31)12-18(32)13-20(33)34/h2-8,11,17-18,31-32H,9-10,12-13H2,1H3,(H,33,34)/p-1/t17-,18-/m1/s1. The van der Waals surface area contributed by atoms with E-state index in [2.05, 4.69) is 4.98 Å². The zero-order valence-corrected chi connectivity index (χ0v) is 18.6. The first-order valence-electron chi connectivity index (χ1n) is 10.6. The van der Waals surface area contributed by atoms with Gasteiger partial charge in [-0.3, -0.25) is 0 Å². The predicted octanol–water partition coefficient (Wildman–Crippen LogP) is 3.03. The van der Waals surface area contributed by atoms with Crippen LogP contribution in [0.1, 0.15) is 25.1 Å². The number of aliphatic hydroxyl groups excluding tert-OH is 2. The van der Waals surface area contributed by atoms with Crippen molar-refractivity contribution in [1.29, 1.82) is 0 Å². The number of aliphatic hydroxyl groups is 2. The van der Waals surface area contributed by atoms with E-state index in [1.165, 1.54) is 25.3 Å². The van der Waals surface area contributed by atoms with Gasteiger partial charge < -0.3 is 29.4 Å². The first kappa shape index (κ1) is 26.2. The second-order valence-electron chi connectivity index (χ2n) is 7.93. The lowest BCUT2D eigenvalue weighted by Gasteiger charge is -2.19. The quantitative estimate of drug-likeness (QED) is 0.419. The molecule has 3 rings (SSSR count). The van der Waals surface area contributed by atoms with Crippen molar-refractivity contribution in [1.82, 2.24) is 9.55 Å². The minimum Gasteiger partial charge on any atom is -0.550 e. The number of carboxylic acids is 1. The van der Waals surface area contributed by atoms with E-state index in [0.29, 0.717) is 11.3 Å². The number of hydrogen-bond acceptors (Lipinski definition) is 6. The summed E-state index contributed by atoms with van der Waals surface area (Å²) in [7, 11) is 1.41. The van der Waals surface area contributed by atoms with Gasteiger partial charge in [-0.1, -0.05) is 12.1 Å². The number of aliphatic carboxylic acids is 1. The lowest BCUT2D eigenvalue weighted by atomic mass is 10.0. The summed E-state index contributed by atoms with van der Waals surface area (Å²) in [6, 6.07) is 11.2. The highest BCUT2D eigenvalue weighted by Crippen LogP contribution is 2.39. The number of imidazole rings is 1. The maximum atomic E-state index is 14.0. The summed E-state index contributed by atoms with van der Waals surface area (Å²) in [5.41, 5.74) is 0.624. The molecule has 7 nitrogen and oxygen atoms in total. The van der Waals surface area contributed by atoms with E-state index in [-0.39, 0.29) is 36.3 Å². The van der Waals surface area contributed by atoms with Gasteiger partial charge in [-0.2, -0.15) is 13.2 Å². The van der Waals surface area contributed by atoms with E-state index < -0.39 is 42.4 Å². The molecule has 0 spiro atoms. The van der Waals surface area contributed by atoms with Crippen molar-refractivity contribution in [2.24, 2.45) is 0 Å². The van der Waals surface area contributed by atoms with Crippen LogP contribution in [-0.2, 0) is 17.5 Å². The van der Waals surface area contributed by atoms with Crippen LogP contribution in [0, 0.1) is 5.82 Å². The Morgan fingerprint density at radius 3 is 2.40 bits per heavy atom. The Hall–Kier alpha value is -3.44. The molecule has 0 unspecified atom stereocenters. The third kappa shape index (κ3) is 6.58. The molecule has 2 aromatic carbocycles. The highest BCUT2D eigenvalue weighted by Gasteiger charge is 2.39. The lowest BCUT2D eigenvalue weighted by molar-refractivity contribution is -0.307. The molecule has 0 radical (unpaired) electrons. The number of carbonyl (C=O) groups is 1. The first-order chi connectivity index (χ1) is 16.5. The van der Waals surface area contributed by atoms with Crippen LogP contribution in [0.2, 0.25) is 0 Å². The molecule has 0 fully saturated rings. The maximum Gasteiger partial charge on any atom is 0.449 e. The molecule has 0 saturated carbocycles. The molecule has 2 N–H and O–H groups in total. The van der Waals surface area contributed by atoms with Gasteiger partial charge in [0, 0.05) is 30.1 Å². The van der Waals surface area contributed by atoms with Crippen LogP contribution in [0.25, 0.3) is 22.5 Å². The van der Waals surface area contributed by atoms with Gasteiger partial charge >= 0.3 is 6.18 Å². The SMILES string of the molecule is COc1cccc(-c2nc(C(F)(F)F)n(CC[C@@H](O)C[C@@H](O)CC(=O)[O-])c2-c2ccc(F)cc2)c1. The molecule has 0 amide bonds. The minimum absolute atomic E-state index is 0.0192. The number of carbonyl (C=O) groups excluding carboxylic acids is 1. The van der Waals surface area contributed by atoms with Crippen molar-refractivity contribution < 1.29 is 42.4 Å². The number of rotatable bonds is 10. The Bertz CT molecular complexity index is 1160. The van der Waals surface area contributed by atoms with E-state index in [1.54, 1.807) is 18.2 Å². The third-order valence-electron chi connectivity index (χ3n) is 5.31. The van der Waals surface area contributed by atoms with Gasteiger partial charge in [-0.25, -0.2) is 9.37 Å². The number of nitrogens with zero attached hydrogens (tertiary/aromatic N) is 2. The van der Waals surface area contributed by atoms with Gasteiger partial charge in [0.15, 0.2) is 0 Å². The number of halogens is 4. The largest absolute Gasteiger partial charge is 0.550 e. The van der Waals surface area contributed by atoms with Crippen molar-refractivity contribution in [3.05, 3.63) is 60.2 Å². The molecule has 0 bridgehead atoms. The van der Waals surface area contributed by atoms with Crippen molar-refractivity contribution in [3.63, 3.8) is 0 Å². The molecular formula is C24H23F4N2O5-. The van der Waals surface area contributed by atoms with Gasteiger partial charge in [0.25, 0.3) is 0 Å². The molecule has 1 heterocycles. The second-order valence-corrected chi connectivity index (χ2v) is 7.93. The number of carboxylic acid groups (broad SMARTS) is 1. The Balaban J connectivity index is 2.08. The zero-order valence-electron chi connectivity index (χ0n) is 18.6. The minimum atomic E-state index is -4.86. The van der Waals surface area contributed by atoms with Crippen molar-refractivity contribution in [2.75, 3.05) is 7.11 Å². The summed E-state index contributed by atoms with van der Waals surface area (Å²) in [5.74, 6) is -2.92. The van der Waals surface area contributed by atoms with Gasteiger partial charge in [0.1, 0.15) is 11.6 Å². The van der Waals surface area contributed by atoms with Crippen LogP contribution in [0.15, 0.2) is 48.5 Å². The fourth-order valence-electron chi connectivity index (χ4n) is 3.74. The molecule has 3 aromatic rings. The molecule has 188 valence electrons. The van der Waals surface area contributed by atoms with Crippen molar-refractivity contribution in [3.8, 4) is 28.3 Å². The average Bonchev–Trinajstić information content (AvgIpc) is 3.17. The number of hydrogen-bond donors (Lipinski definition) is 2. The Labute approximate surface area is 198 Å². The van der Waals surface area contributed by atoms with Crippen LogP contribution in [0.4, 0.5) is 17.6 Å². The summed E-state index contributed by atoms with van der Waals surface area (Å²) in [6.45, 7) is -0.363. The molecule has 2 atom stereocenters. The monoisotopic (exact) mass is 495 g/mol. The summed E-state index contributed by atoms with van der Waals surface area (Å²) in [6.07, 6.45) is -8.88. The molecule has 11 heteroatoms. The number of ether oxygens (including phenoxy) is 1. The van der Waals surface area contributed by atoms with Gasteiger partial charge in [0.05, 0.1) is 30.7 Å². The Morgan fingerprint density at radius 1 is 1.11 bits per heavy atom. The molecule has 0 aliphatic heterocycles. The van der Waals surface area contributed by atoms with Crippen LogP contribution in [0.3, 0.4) is 0 Å². The highest BCUT2D eigenvalue weighted by atomic mass is 19.4. The predicted molar refractivity (Wildman–Crippen MR) is 115 cm³/mol. The third-order valence-corrected chi connectivity index (χ3v) is 5.31. The summed E-state index contributed by atoms with van der Waals surface area (Å²) in [5, 5.41) is 30.5. The van der Waals surface area contributed by atoms with E-state index in [9.17, 15) is 37.7 Å². The van der Waals surface area contributed by atoms with E-state index in [0.717, 1.165) is 16.7 Å². The maximum absolute atomic E-state index is 14.0. The van der Waals surface area contributed by atoms with Crippen LogP contribution >= 0.6 is 0 Å². The topological polar surface area (TPSA) is 108 Å². The van der Waals surface area contributed by atoms with E-state index in [1.807, 2.05) is 0 Å². The number of methoxy groups -OCH3 is 1. The number of aromatic nitrogens is 2. The fraction of sp³-hybridized carbons (Fsp3) is 0.333. The Kier molecular flexibility index (Phi) is 8.13. The van der Waals surface area contributed by atoms with Crippen molar-refractivity contribution >= 4 is 5.97 Å². The molecule has 0 saturated heterocycles. The average molecular weight is 495 g/mol. The Morgan fingerprint density at radius 2 is 1.80 bits per heavy atom. The molecule has 0 aliphatic carbocycles. The molecular weight excluding hydrogens is 472 g/mol. The smallest absolute Gasteiger partial charge is 0.449 e. The lowest BCUT2D eigenvalue weighted by Crippen LogP contribution is -2.30. The summed E-state index contributed by atoms with van der Waals surface area (Å²) >= 11 is 0. The van der Waals surface area contributed by atoms with Crippen LogP contribution in [0.5, 0.6) is 5.75 Å². The highest BCUT2D eigenvalue weighted by molar-refractivity contribution is 5.79. The summed E-state index contributed by atoms with van der Waals surface area (Å²) in [4.78, 5) is 14.5. The van der Waals surface area contributed by atoms with Crippen molar-refractivity contribution in [2.45, 2.75) is 44.2 Å². The van der Waals surface area contributed by atoms with Crippen LogP contribution < -0.4 is 9.84 Å². The molecule has 35 heavy (non-hydrogen) atoms. The zero-order chi connectivity index (χ0) is 25.8. The van der Waals surface area contributed by atoms with Crippen LogP contribution in [-0.4, -0.2) is 45.1 Å². The van der Waals surface area contributed by atoms with Gasteiger partial charge in [-0.15, -0.1) is 0 Å². The fourth-order valence-corrected chi connectivity index (χ4v) is 3.74. The molecule has 0 aliphatic rings. The number of alkyl halides is 3. The second kappa shape index (κ2) is 10.9. The molecule has 1 aromatic heterocycles. The summed E-state index contributed by atoms with van der Waals surface area (Å²) < 4.78 is 61.7. The van der Waals surface area contributed by atoms with E-state index >= 15 is 0 Å². The van der Waals surface area contributed by atoms with Gasteiger partial charge in [0.2, 0.25) is 5.82 Å².